The average Bonchev–Trinajstić information content (AvgIpc) is 3.13. The van der Waals surface area contributed by atoms with Crippen molar-refractivity contribution in [2.24, 2.45) is 0 Å². The van der Waals surface area contributed by atoms with Gasteiger partial charge in [-0.2, -0.15) is 0 Å². The third-order valence-corrected chi connectivity index (χ3v) is 5.59. The lowest BCUT2D eigenvalue weighted by molar-refractivity contribution is 0.102. The summed E-state index contributed by atoms with van der Waals surface area (Å²) in [7, 11) is 0. The topological polar surface area (TPSA) is 67.8 Å². The lowest BCUT2D eigenvalue weighted by Crippen LogP contribution is -2.18. The highest BCUT2D eigenvalue weighted by molar-refractivity contribution is 7.13. The smallest absolute Gasteiger partial charge is 0.277 e. The van der Waals surface area contributed by atoms with Gasteiger partial charge < -0.3 is 0 Å². The summed E-state index contributed by atoms with van der Waals surface area (Å²) < 4.78 is 0. The second-order valence-electron chi connectivity index (χ2n) is 6.26. The van der Waals surface area contributed by atoms with Gasteiger partial charge >= 0.3 is 0 Å². The second kappa shape index (κ2) is 7.13. The van der Waals surface area contributed by atoms with Crippen LogP contribution in [-0.4, -0.2) is 20.9 Å². The normalized spacial score (nSPS) is 13.3. The molecule has 0 saturated carbocycles. The van der Waals surface area contributed by atoms with Crippen molar-refractivity contribution >= 4 is 34.8 Å². The highest BCUT2D eigenvalue weighted by atomic mass is 35.5. The van der Waals surface area contributed by atoms with Gasteiger partial charge in [0.1, 0.15) is 10.7 Å². The number of carbonyl (C=O) groups is 1. The van der Waals surface area contributed by atoms with Crippen molar-refractivity contribution in [3.8, 4) is 10.6 Å². The van der Waals surface area contributed by atoms with Crippen molar-refractivity contribution < 1.29 is 4.79 Å². The quantitative estimate of drug-likeness (QED) is 0.711. The second-order valence-corrected chi connectivity index (χ2v) is 7.56. The molecule has 1 amide bonds. The summed E-state index contributed by atoms with van der Waals surface area (Å²) in [4.78, 5) is 25.9. The van der Waals surface area contributed by atoms with Gasteiger partial charge in [0.15, 0.2) is 0 Å². The minimum Gasteiger partial charge on any atom is -0.289 e. The van der Waals surface area contributed by atoms with Crippen LogP contribution < -0.4 is 5.32 Å². The van der Waals surface area contributed by atoms with Crippen LogP contribution >= 0.6 is 22.9 Å². The van der Waals surface area contributed by atoms with Crippen molar-refractivity contribution in [2.45, 2.75) is 32.6 Å². The molecule has 0 bridgehead atoms. The maximum Gasteiger partial charge on any atom is 0.277 e. The van der Waals surface area contributed by atoms with Crippen LogP contribution in [0.1, 0.15) is 40.3 Å². The number of hydrogen-bond acceptors (Lipinski definition) is 5. The third kappa shape index (κ3) is 3.48. The summed E-state index contributed by atoms with van der Waals surface area (Å²) in [6.45, 7) is 1.98. The molecule has 132 valence electrons. The van der Waals surface area contributed by atoms with Crippen LogP contribution in [0.4, 0.5) is 5.95 Å². The standard InChI is InChI=1S/C19H17ClN4OS/c1-11-14-4-2-3-5-15(14)23-19(21-11)24-17(25)16-10-26-18(22-16)12-6-8-13(20)9-7-12/h6-10H,2-5H2,1H3,(H,21,23,24,25). The Morgan fingerprint density at radius 2 is 1.88 bits per heavy atom. The fourth-order valence-electron chi connectivity index (χ4n) is 3.11. The molecule has 0 fully saturated rings. The minimum absolute atomic E-state index is 0.295. The summed E-state index contributed by atoms with van der Waals surface area (Å²) in [5.41, 5.74) is 4.52. The van der Waals surface area contributed by atoms with E-state index in [-0.39, 0.29) is 5.91 Å². The zero-order valence-electron chi connectivity index (χ0n) is 14.3. The van der Waals surface area contributed by atoms with Gasteiger partial charge in [-0.05, 0) is 50.3 Å². The Kier molecular flexibility index (Phi) is 4.70. The van der Waals surface area contributed by atoms with E-state index in [2.05, 4.69) is 20.3 Å². The maximum absolute atomic E-state index is 12.5. The van der Waals surface area contributed by atoms with Crippen LogP contribution in [0.2, 0.25) is 5.02 Å². The molecule has 1 aromatic carbocycles. The number of amides is 1. The Labute approximate surface area is 160 Å². The minimum atomic E-state index is -0.295. The molecule has 0 aliphatic heterocycles. The summed E-state index contributed by atoms with van der Waals surface area (Å²) in [6.07, 6.45) is 4.27. The number of nitrogens with one attached hydrogen (secondary N) is 1. The van der Waals surface area contributed by atoms with Crippen LogP contribution in [0.15, 0.2) is 29.6 Å². The number of nitrogens with zero attached hydrogens (tertiary/aromatic N) is 3. The SMILES string of the molecule is Cc1nc(NC(=O)c2csc(-c3ccc(Cl)cc3)n2)nc2c1CCCC2. The lowest BCUT2D eigenvalue weighted by atomic mass is 9.95. The fraction of sp³-hybridized carbons (Fsp3) is 0.263. The summed E-state index contributed by atoms with van der Waals surface area (Å²) in [5.74, 6) is 0.0609. The first-order valence-electron chi connectivity index (χ1n) is 8.49. The number of aromatic nitrogens is 3. The van der Waals surface area contributed by atoms with Crippen molar-refractivity contribution in [3.05, 3.63) is 57.3 Å². The number of halogens is 1. The molecule has 0 spiro atoms. The van der Waals surface area contributed by atoms with Crippen molar-refractivity contribution in [2.75, 3.05) is 5.32 Å². The van der Waals surface area contributed by atoms with Crippen molar-refractivity contribution in [1.82, 2.24) is 15.0 Å². The monoisotopic (exact) mass is 384 g/mol. The van der Waals surface area contributed by atoms with Gasteiger partial charge in [-0.25, -0.2) is 15.0 Å². The highest BCUT2D eigenvalue weighted by Crippen LogP contribution is 2.26. The molecule has 2 aromatic heterocycles. The molecule has 0 saturated heterocycles. The van der Waals surface area contributed by atoms with Crippen LogP contribution in [0.25, 0.3) is 10.6 Å². The van der Waals surface area contributed by atoms with Gasteiger partial charge in [0.2, 0.25) is 5.95 Å². The predicted octanol–water partition coefficient (Wildman–Crippen LogP) is 4.69. The summed E-state index contributed by atoms with van der Waals surface area (Å²) in [5, 5.41) is 5.97. The van der Waals surface area contributed by atoms with Gasteiger partial charge in [0, 0.05) is 27.4 Å². The summed E-state index contributed by atoms with van der Waals surface area (Å²) in [6, 6.07) is 7.39. The fourth-order valence-corrected chi connectivity index (χ4v) is 4.04. The van der Waals surface area contributed by atoms with E-state index >= 15 is 0 Å². The third-order valence-electron chi connectivity index (χ3n) is 4.44. The molecular weight excluding hydrogens is 368 g/mol. The predicted molar refractivity (Wildman–Crippen MR) is 104 cm³/mol. The number of anilines is 1. The number of hydrogen-bond donors (Lipinski definition) is 1. The van der Waals surface area contributed by atoms with Gasteiger partial charge in [0.05, 0.1) is 0 Å². The van der Waals surface area contributed by atoms with Gasteiger partial charge in [-0.1, -0.05) is 23.7 Å². The number of aryl methyl sites for hydroxylation is 2. The van der Waals surface area contributed by atoms with E-state index in [1.54, 1.807) is 5.38 Å². The number of rotatable bonds is 3. The van der Waals surface area contributed by atoms with E-state index in [1.165, 1.54) is 23.3 Å². The molecule has 1 aliphatic rings. The van der Waals surface area contributed by atoms with E-state index in [1.807, 2.05) is 31.2 Å². The molecule has 3 aromatic rings. The molecule has 0 atom stereocenters. The molecule has 0 radical (unpaired) electrons. The molecule has 26 heavy (non-hydrogen) atoms. The van der Waals surface area contributed by atoms with Gasteiger partial charge in [0.25, 0.3) is 5.91 Å². The van der Waals surface area contributed by atoms with Crippen molar-refractivity contribution in [1.29, 1.82) is 0 Å². The lowest BCUT2D eigenvalue weighted by Gasteiger charge is -2.17. The molecule has 0 unspecified atom stereocenters. The maximum atomic E-state index is 12.5. The molecule has 5 nitrogen and oxygen atoms in total. The molecule has 1 aliphatic carbocycles. The molecular formula is C19H17ClN4OS. The Hall–Kier alpha value is -2.31. The first-order chi connectivity index (χ1) is 12.6. The van der Waals surface area contributed by atoms with Gasteiger partial charge in [-0.3, -0.25) is 10.1 Å². The number of benzene rings is 1. The van der Waals surface area contributed by atoms with E-state index in [0.29, 0.717) is 16.7 Å². The molecule has 7 heteroatoms. The average molecular weight is 385 g/mol. The Morgan fingerprint density at radius 1 is 1.12 bits per heavy atom. The van der Waals surface area contributed by atoms with E-state index < -0.39 is 0 Å². The largest absolute Gasteiger partial charge is 0.289 e. The highest BCUT2D eigenvalue weighted by Gasteiger charge is 2.18. The number of carbonyl (C=O) groups excluding carboxylic acids is 1. The van der Waals surface area contributed by atoms with Crippen LogP contribution in [0, 0.1) is 6.92 Å². The summed E-state index contributed by atoms with van der Waals surface area (Å²) >= 11 is 7.33. The first kappa shape index (κ1) is 17.1. The van der Waals surface area contributed by atoms with E-state index in [9.17, 15) is 4.79 Å². The first-order valence-corrected chi connectivity index (χ1v) is 9.75. The molecule has 4 rings (SSSR count). The molecule has 1 N–H and O–H groups in total. The Balaban J connectivity index is 1.54. The van der Waals surface area contributed by atoms with Gasteiger partial charge in [-0.15, -0.1) is 11.3 Å². The Bertz CT molecular complexity index is 968. The zero-order chi connectivity index (χ0) is 18.1. The van der Waals surface area contributed by atoms with E-state index in [0.717, 1.165) is 41.2 Å². The number of thiazole rings is 1. The van der Waals surface area contributed by atoms with Crippen LogP contribution in [0.3, 0.4) is 0 Å². The van der Waals surface area contributed by atoms with Crippen molar-refractivity contribution in [3.63, 3.8) is 0 Å². The zero-order valence-corrected chi connectivity index (χ0v) is 15.8. The molecule has 2 heterocycles. The van der Waals surface area contributed by atoms with E-state index in [4.69, 9.17) is 11.6 Å². The van der Waals surface area contributed by atoms with Crippen LogP contribution in [0.5, 0.6) is 0 Å². The number of fused-ring (bicyclic) bond motifs is 1. The Morgan fingerprint density at radius 3 is 2.69 bits per heavy atom. The van der Waals surface area contributed by atoms with Crippen LogP contribution in [-0.2, 0) is 12.8 Å².